The van der Waals surface area contributed by atoms with Gasteiger partial charge in [0.25, 0.3) is 0 Å². The zero-order chi connectivity index (χ0) is 28.7. The molecule has 1 aliphatic rings. The fraction of sp³-hybridized carbons (Fsp3) is 0.500. The zero-order valence-electron chi connectivity index (χ0n) is 23.7. The number of aliphatic hydroxyl groups excluding tert-OH is 1. The number of carbonyl (C=O) groups is 3. The van der Waals surface area contributed by atoms with Crippen LogP contribution in [0.25, 0.3) is 0 Å². The first-order valence-electron chi connectivity index (χ1n) is 12.9. The summed E-state index contributed by atoms with van der Waals surface area (Å²) >= 11 is 0. The lowest BCUT2D eigenvalue weighted by Crippen LogP contribution is -2.52. The zero-order valence-corrected chi connectivity index (χ0v) is 23.7. The van der Waals surface area contributed by atoms with Crippen LogP contribution in [0.3, 0.4) is 0 Å². The molecule has 0 fully saturated rings. The molecule has 1 aliphatic heterocycles. The molecule has 4 atom stereocenters. The van der Waals surface area contributed by atoms with E-state index in [-0.39, 0.29) is 29.6 Å². The fourth-order valence-corrected chi connectivity index (χ4v) is 3.67. The average Bonchev–Trinajstić information content (AvgIpc) is 2.85. The minimum atomic E-state index is -0.755. The Balaban J connectivity index is 2.64. The first-order chi connectivity index (χ1) is 17.9. The molecule has 0 aromatic heterocycles. The molecule has 0 aliphatic carbocycles. The molecule has 210 valence electrons. The smallest absolute Gasteiger partial charge is 0.373 e. The first kappa shape index (κ1) is 32.6. The lowest BCUT2D eigenvalue weighted by Gasteiger charge is -2.29. The van der Waals surface area contributed by atoms with E-state index >= 15 is 0 Å². The van der Waals surface area contributed by atoms with Gasteiger partial charge < -0.3 is 25.2 Å². The Bertz CT molecular complexity index is 981. The van der Waals surface area contributed by atoms with Crippen molar-refractivity contribution in [3.63, 3.8) is 0 Å². The molecule has 1 rings (SSSR count). The Morgan fingerprint density at radius 3 is 2.47 bits per heavy atom. The van der Waals surface area contributed by atoms with E-state index in [0.29, 0.717) is 19.3 Å². The lowest BCUT2D eigenvalue weighted by atomic mass is 9.86. The van der Waals surface area contributed by atoms with Crippen LogP contribution in [-0.2, 0) is 23.9 Å². The maximum absolute atomic E-state index is 12.7. The standard InChI is InChI=1S/C30H44N2O6/c1-8-9-14-23(33)15-12-19-31-28(35)27(30(4,5)6)32-26(34)16-11-10-13-21(2)20-22(3)24-17-18-25(37-7)29(36)38-24/h8-13,16,18-20,22-24,27,33H,14-15,17H2,1-7H3,(H,31,35)(H,32,34)/b9-8-,13-10-,16-11-,19-12-,21-20+/t22-,23-,24-,27?/m0/s1. The van der Waals surface area contributed by atoms with Crippen LogP contribution in [0.4, 0.5) is 0 Å². The molecular formula is C30H44N2O6. The van der Waals surface area contributed by atoms with Crippen LogP contribution in [-0.4, -0.2) is 48.2 Å². The van der Waals surface area contributed by atoms with E-state index in [4.69, 9.17) is 9.47 Å². The van der Waals surface area contributed by atoms with Gasteiger partial charge in [0.15, 0.2) is 5.76 Å². The van der Waals surface area contributed by atoms with E-state index in [2.05, 4.69) is 10.6 Å². The minimum absolute atomic E-state index is 0.00193. The highest BCUT2D eigenvalue weighted by Crippen LogP contribution is 2.23. The van der Waals surface area contributed by atoms with Gasteiger partial charge in [0.05, 0.1) is 13.2 Å². The van der Waals surface area contributed by atoms with Gasteiger partial charge in [-0.2, -0.15) is 0 Å². The van der Waals surface area contributed by atoms with Crippen molar-refractivity contribution in [2.75, 3.05) is 7.11 Å². The highest BCUT2D eigenvalue weighted by atomic mass is 16.6. The van der Waals surface area contributed by atoms with Gasteiger partial charge in [-0.15, -0.1) is 0 Å². The number of ether oxygens (including phenoxy) is 2. The maximum Gasteiger partial charge on any atom is 0.373 e. The summed E-state index contributed by atoms with van der Waals surface area (Å²) in [6.45, 7) is 11.4. The van der Waals surface area contributed by atoms with Gasteiger partial charge in [0.1, 0.15) is 12.1 Å². The van der Waals surface area contributed by atoms with Crippen molar-refractivity contribution in [2.45, 2.75) is 79.1 Å². The third-order valence-electron chi connectivity index (χ3n) is 5.86. The molecular weight excluding hydrogens is 484 g/mol. The topological polar surface area (TPSA) is 114 Å². The number of allylic oxidation sites excluding steroid dienone is 5. The quantitative estimate of drug-likeness (QED) is 0.141. The average molecular weight is 529 g/mol. The SMILES string of the molecule is C/C=C\C[C@H](O)C/C=C\NC(=O)C(NC(=O)\C=C/C=C\C(C)=C\[C@H](C)[C@@H]1CC=C(OC)C(=O)O1)C(C)(C)C. The Morgan fingerprint density at radius 1 is 1.21 bits per heavy atom. The number of nitrogens with one attached hydrogen (secondary N) is 2. The van der Waals surface area contributed by atoms with E-state index in [1.807, 2.05) is 65.8 Å². The summed E-state index contributed by atoms with van der Waals surface area (Å²) in [7, 11) is 1.44. The largest absolute Gasteiger partial charge is 0.490 e. The molecule has 0 aromatic carbocycles. The summed E-state index contributed by atoms with van der Waals surface area (Å²) in [5, 5.41) is 15.3. The van der Waals surface area contributed by atoms with Crippen LogP contribution in [0.1, 0.15) is 60.8 Å². The van der Waals surface area contributed by atoms with Crippen LogP contribution in [0.2, 0.25) is 0 Å². The van der Waals surface area contributed by atoms with Crippen molar-refractivity contribution < 1.29 is 29.0 Å². The number of hydrogen-bond donors (Lipinski definition) is 3. The van der Waals surface area contributed by atoms with Crippen LogP contribution >= 0.6 is 0 Å². The maximum atomic E-state index is 12.7. The molecule has 0 aromatic rings. The molecule has 2 amide bonds. The molecule has 1 heterocycles. The Hall–Kier alpha value is -3.39. The predicted octanol–water partition coefficient (Wildman–Crippen LogP) is 4.41. The second-order valence-corrected chi connectivity index (χ2v) is 10.4. The number of amides is 2. The molecule has 3 N–H and O–H groups in total. The number of methoxy groups -OCH3 is 1. The van der Waals surface area contributed by atoms with Crippen molar-refractivity contribution in [3.8, 4) is 0 Å². The second-order valence-electron chi connectivity index (χ2n) is 10.4. The van der Waals surface area contributed by atoms with Gasteiger partial charge in [0, 0.05) is 18.4 Å². The van der Waals surface area contributed by atoms with Gasteiger partial charge >= 0.3 is 5.97 Å². The number of carbonyl (C=O) groups excluding carboxylic acids is 3. The van der Waals surface area contributed by atoms with Crippen molar-refractivity contribution in [2.24, 2.45) is 11.3 Å². The van der Waals surface area contributed by atoms with Crippen LogP contribution in [0.5, 0.6) is 0 Å². The van der Waals surface area contributed by atoms with Crippen LogP contribution < -0.4 is 10.6 Å². The van der Waals surface area contributed by atoms with Crippen molar-refractivity contribution in [1.82, 2.24) is 10.6 Å². The van der Waals surface area contributed by atoms with E-state index in [1.165, 1.54) is 19.4 Å². The van der Waals surface area contributed by atoms with E-state index < -0.39 is 23.5 Å². The normalized spacial score (nSPS) is 19.5. The summed E-state index contributed by atoms with van der Waals surface area (Å²) < 4.78 is 10.4. The molecule has 0 radical (unpaired) electrons. The van der Waals surface area contributed by atoms with E-state index in [9.17, 15) is 19.5 Å². The molecule has 1 unspecified atom stereocenters. The Morgan fingerprint density at radius 2 is 1.87 bits per heavy atom. The summed E-state index contributed by atoms with van der Waals surface area (Å²) in [5.41, 5.74) is 0.439. The van der Waals surface area contributed by atoms with Gasteiger partial charge in [-0.05, 0) is 44.4 Å². The van der Waals surface area contributed by atoms with Gasteiger partial charge in [-0.3, -0.25) is 9.59 Å². The fourth-order valence-electron chi connectivity index (χ4n) is 3.67. The van der Waals surface area contributed by atoms with E-state index in [1.54, 1.807) is 24.3 Å². The molecule has 0 spiro atoms. The molecule has 0 saturated heterocycles. The van der Waals surface area contributed by atoms with Crippen molar-refractivity contribution in [1.29, 1.82) is 0 Å². The van der Waals surface area contributed by atoms with Gasteiger partial charge in [-0.25, -0.2) is 4.79 Å². The second kappa shape index (κ2) is 16.5. The van der Waals surface area contributed by atoms with E-state index in [0.717, 1.165) is 5.57 Å². The van der Waals surface area contributed by atoms with Gasteiger partial charge in [0.2, 0.25) is 11.8 Å². The number of esters is 1. The Labute approximate surface area is 227 Å². The first-order valence-corrected chi connectivity index (χ1v) is 12.9. The van der Waals surface area contributed by atoms with Crippen molar-refractivity contribution in [3.05, 3.63) is 72.2 Å². The lowest BCUT2D eigenvalue weighted by molar-refractivity contribution is -0.151. The van der Waals surface area contributed by atoms with Crippen LogP contribution in [0.15, 0.2) is 72.2 Å². The number of cyclic esters (lactones) is 1. The van der Waals surface area contributed by atoms with Crippen LogP contribution in [0, 0.1) is 11.3 Å². The predicted molar refractivity (Wildman–Crippen MR) is 150 cm³/mol. The summed E-state index contributed by atoms with van der Waals surface area (Å²) in [6.07, 6.45) is 18.0. The molecule has 0 saturated carbocycles. The van der Waals surface area contributed by atoms with Crippen molar-refractivity contribution >= 4 is 17.8 Å². The number of aliphatic hydroxyl groups is 1. The summed E-state index contributed by atoms with van der Waals surface area (Å²) in [5.74, 6) is -0.945. The molecule has 8 nitrogen and oxygen atoms in total. The number of hydrogen-bond acceptors (Lipinski definition) is 6. The molecule has 8 heteroatoms. The monoisotopic (exact) mass is 528 g/mol. The summed E-state index contributed by atoms with van der Waals surface area (Å²) in [4.78, 5) is 37.1. The van der Waals surface area contributed by atoms with Gasteiger partial charge in [-0.1, -0.05) is 75.8 Å². The summed E-state index contributed by atoms with van der Waals surface area (Å²) in [6, 6.07) is -0.755. The molecule has 0 bridgehead atoms. The minimum Gasteiger partial charge on any atom is -0.490 e. The Kier molecular flexibility index (Phi) is 14.1. The number of rotatable bonds is 13. The highest BCUT2D eigenvalue weighted by molar-refractivity contribution is 5.93. The highest BCUT2D eigenvalue weighted by Gasteiger charge is 2.32. The third kappa shape index (κ3) is 12.2. The third-order valence-corrected chi connectivity index (χ3v) is 5.86. The molecule has 38 heavy (non-hydrogen) atoms.